The van der Waals surface area contributed by atoms with Gasteiger partial charge in [0, 0.05) is 6.54 Å². The molecule has 4 nitrogen and oxygen atoms in total. The van der Waals surface area contributed by atoms with Crippen molar-refractivity contribution in [1.29, 1.82) is 5.26 Å². The lowest BCUT2D eigenvalue weighted by Crippen LogP contribution is -2.41. The van der Waals surface area contributed by atoms with E-state index in [1.54, 1.807) is 0 Å². The Bertz CT molecular complexity index is 807. The topological polar surface area (TPSA) is 68.3 Å². The Morgan fingerprint density at radius 3 is 2.08 bits per heavy atom. The fraction of sp³-hybridized carbons (Fsp3) is 0.350. The van der Waals surface area contributed by atoms with Crippen molar-refractivity contribution in [2.24, 2.45) is 5.73 Å². The van der Waals surface area contributed by atoms with Gasteiger partial charge in [0.05, 0.1) is 22.8 Å². The van der Waals surface area contributed by atoms with Crippen molar-refractivity contribution in [2.45, 2.75) is 45.4 Å². The number of hydrogen-bond acceptors (Lipinski definition) is 4. The smallest absolute Gasteiger partial charge is 0.399 e. The summed E-state index contributed by atoms with van der Waals surface area (Å²) in [5.41, 5.74) is 9.36. The highest BCUT2D eigenvalue weighted by Crippen LogP contribution is 2.36. The molecule has 25 heavy (non-hydrogen) atoms. The molecule has 1 saturated heterocycles. The first-order valence-corrected chi connectivity index (χ1v) is 8.46. The van der Waals surface area contributed by atoms with Crippen LogP contribution in [0.5, 0.6) is 0 Å². The van der Waals surface area contributed by atoms with Crippen LogP contribution >= 0.6 is 0 Å². The number of nitriles is 1. The molecule has 128 valence electrons. The number of nitrogens with two attached hydrogens (primary N) is 1. The molecule has 3 rings (SSSR count). The summed E-state index contributed by atoms with van der Waals surface area (Å²) in [6.45, 7) is 8.60. The van der Waals surface area contributed by atoms with Gasteiger partial charge in [-0.05, 0) is 62.0 Å². The van der Waals surface area contributed by atoms with Gasteiger partial charge in [-0.1, -0.05) is 30.3 Å². The van der Waals surface area contributed by atoms with Crippen molar-refractivity contribution < 1.29 is 9.31 Å². The average Bonchev–Trinajstić information content (AvgIpc) is 2.82. The largest absolute Gasteiger partial charge is 0.494 e. The zero-order valence-electron chi connectivity index (χ0n) is 15.2. The number of nitrogens with zero attached hydrogens (tertiary/aromatic N) is 1. The van der Waals surface area contributed by atoms with E-state index in [9.17, 15) is 5.26 Å². The Labute approximate surface area is 149 Å². The van der Waals surface area contributed by atoms with E-state index in [0.717, 1.165) is 22.2 Å². The maximum Gasteiger partial charge on any atom is 0.494 e. The van der Waals surface area contributed by atoms with Crippen LogP contribution in [0, 0.1) is 11.3 Å². The van der Waals surface area contributed by atoms with Crippen LogP contribution in [0.4, 0.5) is 0 Å². The Morgan fingerprint density at radius 1 is 0.960 bits per heavy atom. The molecule has 2 N–H and O–H groups in total. The highest BCUT2D eigenvalue weighted by atomic mass is 16.7. The van der Waals surface area contributed by atoms with Crippen LogP contribution in [0.3, 0.4) is 0 Å². The second kappa shape index (κ2) is 6.31. The minimum absolute atomic E-state index is 0.413. The molecule has 0 amide bonds. The first-order chi connectivity index (χ1) is 11.8. The standard InChI is InChI=1S/C20H23BN2O2/c1-19(2)20(3,4)25-21(24-19)18-10-15(13-23)9-17(11-18)16-7-5-14(12-22)6-8-16/h5-11H,12,22H2,1-4H3. The second-order valence-corrected chi connectivity index (χ2v) is 7.44. The molecule has 2 aromatic rings. The molecule has 0 saturated carbocycles. The van der Waals surface area contributed by atoms with Crippen LogP contribution in [0.25, 0.3) is 11.1 Å². The first-order valence-electron chi connectivity index (χ1n) is 8.46. The van der Waals surface area contributed by atoms with Crippen LogP contribution in [0.1, 0.15) is 38.8 Å². The predicted molar refractivity (Wildman–Crippen MR) is 100 cm³/mol. The maximum atomic E-state index is 9.42. The molecule has 1 fully saturated rings. The zero-order chi connectivity index (χ0) is 18.2. The summed E-state index contributed by atoms with van der Waals surface area (Å²) in [5.74, 6) is 0. The van der Waals surface area contributed by atoms with E-state index in [1.165, 1.54) is 0 Å². The third kappa shape index (κ3) is 3.34. The van der Waals surface area contributed by atoms with Crippen molar-refractivity contribution in [3.63, 3.8) is 0 Å². The summed E-state index contributed by atoms with van der Waals surface area (Å²) in [6.07, 6.45) is 0. The summed E-state index contributed by atoms with van der Waals surface area (Å²) in [5, 5.41) is 9.42. The third-order valence-corrected chi connectivity index (χ3v) is 5.13. The third-order valence-electron chi connectivity index (χ3n) is 5.13. The minimum atomic E-state index is -0.486. The van der Waals surface area contributed by atoms with Crippen molar-refractivity contribution in [2.75, 3.05) is 0 Å². The summed E-state index contributed by atoms with van der Waals surface area (Å²) in [4.78, 5) is 0. The Balaban J connectivity index is 2.00. The van der Waals surface area contributed by atoms with Gasteiger partial charge in [0.15, 0.2) is 0 Å². The van der Waals surface area contributed by atoms with Gasteiger partial charge in [-0.3, -0.25) is 0 Å². The van der Waals surface area contributed by atoms with Gasteiger partial charge in [0.2, 0.25) is 0 Å². The minimum Gasteiger partial charge on any atom is -0.399 e. The van der Waals surface area contributed by atoms with Crippen LogP contribution in [-0.4, -0.2) is 18.3 Å². The van der Waals surface area contributed by atoms with Crippen LogP contribution in [0.15, 0.2) is 42.5 Å². The molecule has 5 heteroatoms. The normalized spacial score (nSPS) is 18.2. The van der Waals surface area contributed by atoms with E-state index < -0.39 is 18.3 Å². The SMILES string of the molecule is CC1(C)OB(c2cc(C#N)cc(-c3ccc(CN)cc3)c2)OC1(C)C. The lowest BCUT2D eigenvalue weighted by Gasteiger charge is -2.32. The lowest BCUT2D eigenvalue weighted by atomic mass is 9.77. The summed E-state index contributed by atoms with van der Waals surface area (Å²) in [7, 11) is -0.486. The molecule has 0 atom stereocenters. The molecular weight excluding hydrogens is 311 g/mol. The Hall–Kier alpha value is -2.13. The molecule has 0 spiro atoms. The molecule has 2 aromatic carbocycles. The molecule has 0 radical (unpaired) electrons. The molecular formula is C20H23BN2O2. The van der Waals surface area contributed by atoms with E-state index in [4.69, 9.17) is 15.0 Å². The van der Waals surface area contributed by atoms with Crippen molar-refractivity contribution in [1.82, 2.24) is 0 Å². The molecule has 0 aromatic heterocycles. The van der Waals surface area contributed by atoms with Gasteiger partial charge in [0.25, 0.3) is 0 Å². The number of rotatable bonds is 3. The zero-order valence-corrected chi connectivity index (χ0v) is 15.2. The summed E-state index contributed by atoms with van der Waals surface area (Å²) < 4.78 is 12.3. The number of benzene rings is 2. The van der Waals surface area contributed by atoms with Gasteiger partial charge in [-0.15, -0.1) is 0 Å². The molecule has 0 aliphatic carbocycles. The van der Waals surface area contributed by atoms with E-state index in [2.05, 4.69) is 6.07 Å². The summed E-state index contributed by atoms with van der Waals surface area (Å²) >= 11 is 0. The summed E-state index contributed by atoms with van der Waals surface area (Å²) in [6, 6.07) is 16.0. The quantitative estimate of drug-likeness (QED) is 0.876. The molecule has 0 unspecified atom stereocenters. The van der Waals surface area contributed by atoms with Crippen LogP contribution in [-0.2, 0) is 15.9 Å². The van der Waals surface area contributed by atoms with Gasteiger partial charge in [-0.25, -0.2) is 0 Å². The van der Waals surface area contributed by atoms with Crippen molar-refractivity contribution in [3.8, 4) is 17.2 Å². The fourth-order valence-electron chi connectivity index (χ4n) is 2.83. The predicted octanol–water partition coefficient (Wildman–Crippen LogP) is 2.98. The van der Waals surface area contributed by atoms with Gasteiger partial charge < -0.3 is 15.0 Å². The Kier molecular flexibility index (Phi) is 4.46. The van der Waals surface area contributed by atoms with Gasteiger partial charge in [0.1, 0.15) is 0 Å². The lowest BCUT2D eigenvalue weighted by molar-refractivity contribution is 0.00578. The Morgan fingerprint density at radius 2 is 1.56 bits per heavy atom. The molecule has 1 heterocycles. The molecule has 1 aliphatic rings. The average molecular weight is 334 g/mol. The van der Waals surface area contributed by atoms with Gasteiger partial charge in [-0.2, -0.15) is 5.26 Å². The van der Waals surface area contributed by atoms with Crippen LogP contribution in [0.2, 0.25) is 0 Å². The monoisotopic (exact) mass is 334 g/mol. The van der Waals surface area contributed by atoms with E-state index in [1.807, 2.05) is 70.2 Å². The fourth-order valence-corrected chi connectivity index (χ4v) is 2.83. The molecule has 1 aliphatic heterocycles. The van der Waals surface area contributed by atoms with Crippen LogP contribution < -0.4 is 11.2 Å². The van der Waals surface area contributed by atoms with E-state index >= 15 is 0 Å². The first kappa shape index (κ1) is 17.7. The van der Waals surface area contributed by atoms with E-state index in [0.29, 0.717) is 12.1 Å². The van der Waals surface area contributed by atoms with E-state index in [-0.39, 0.29) is 0 Å². The second-order valence-electron chi connectivity index (χ2n) is 7.44. The maximum absolute atomic E-state index is 9.42. The molecule has 0 bridgehead atoms. The number of hydrogen-bond donors (Lipinski definition) is 1. The highest BCUT2D eigenvalue weighted by Gasteiger charge is 2.51. The van der Waals surface area contributed by atoms with Gasteiger partial charge >= 0.3 is 7.12 Å². The highest BCUT2D eigenvalue weighted by molar-refractivity contribution is 6.62. The van der Waals surface area contributed by atoms with Crippen molar-refractivity contribution in [3.05, 3.63) is 53.6 Å². The van der Waals surface area contributed by atoms with Crippen molar-refractivity contribution >= 4 is 12.6 Å².